The average molecular weight is 370 g/mol. The summed E-state index contributed by atoms with van der Waals surface area (Å²) in [7, 11) is 0. The molecule has 7 nitrogen and oxygen atoms in total. The Hall–Kier alpha value is -2.83. The first kappa shape index (κ1) is 18.9. The molecule has 0 bridgehead atoms. The number of amides is 2. The lowest BCUT2D eigenvalue weighted by Gasteiger charge is -2.31. The van der Waals surface area contributed by atoms with Crippen LogP contribution >= 0.6 is 0 Å². The van der Waals surface area contributed by atoms with Crippen molar-refractivity contribution < 1.29 is 14.3 Å². The van der Waals surface area contributed by atoms with Crippen molar-refractivity contribution in [2.45, 2.75) is 33.2 Å². The van der Waals surface area contributed by atoms with Crippen LogP contribution in [0.3, 0.4) is 0 Å². The number of hydrogen-bond acceptors (Lipinski definition) is 4. The minimum atomic E-state index is -0.347. The molecule has 1 atom stereocenters. The molecule has 1 N–H and O–H groups in total. The Bertz CT molecular complexity index is 788. The summed E-state index contributed by atoms with van der Waals surface area (Å²) in [6, 6.07) is 11.9. The van der Waals surface area contributed by atoms with Gasteiger partial charge in [0.1, 0.15) is 5.82 Å². The van der Waals surface area contributed by atoms with Crippen molar-refractivity contribution in [3.63, 3.8) is 0 Å². The van der Waals surface area contributed by atoms with Gasteiger partial charge in [-0.3, -0.25) is 4.79 Å². The summed E-state index contributed by atoms with van der Waals surface area (Å²) < 4.78 is 6.86. The molecule has 1 aliphatic heterocycles. The molecular weight excluding hydrogens is 344 g/mol. The van der Waals surface area contributed by atoms with Crippen molar-refractivity contribution in [3.8, 4) is 0 Å². The zero-order valence-electron chi connectivity index (χ0n) is 15.9. The van der Waals surface area contributed by atoms with Gasteiger partial charge in [0, 0.05) is 19.2 Å². The molecule has 1 fully saturated rings. The van der Waals surface area contributed by atoms with Gasteiger partial charge in [-0.2, -0.15) is 5.10 Å². The van der Waals surface area contributed by atoms with E-state index in [0.717, 1.165) is 24.1 Å². The molecule has 1 unspecified atom stereocenters. The number of benzene rings is 1. The summed E-state index contributed by atoms with van der Waals surface area (Å²) in [5.74, 6) is 0.344. The molecule has 0 spiro atoms. The third kappa shape index (κ3) is 4.87. The second-order valence-corrected chi connectivity index (χ2v) is 6.79. The monoisotopic (exact) mass is 370 g/mol. The molecule has 0 aliphatic carbocycles. The van der Waals surface area contributed by atoms with Gasteiger partial charge in [0.05, 0.1) is 24.8 Å². The number of rotatable bonds is 5. The molecule has 1 aromatic heterocycles. The first-order valence-corrected chi connectivity index (χ1v) is 9.37. The normalized spacial score (nSPS) is 16.8. The number of aryl methyl sites for hydroxylation is 1. The standard InChI is InChI=1S/C20H26N4O3/c1-3-27-20(26)23-11-7-10-17(14-23)19(25)21-18-12-15(2)22-24(18)13-16-8-5-4-6-9-16/h4-6,8-9,12,17H,3,7,10-11,13-14H2,1-2H3,(H,21,25). The Morgan fingerprint density at radius 3 is 2.81 bits per heavy atom. The minimum absolute atomic E-state index is 0.0850. The highest BCUT2D eigenvalue weighted by molar-refractivity contribution is 5.92. The fourth-order valence-corrected chi connectivity index (χ4v) is 3.32. The quantitative estimate of drug-likeness (QED) is 0.878. The van der Waals surface area contributed by atoms with E-state index in [4.69, 9.17) is 4.74 Å². The van der Waals surface area contributed by atoms with Crippen LogP contribution < -0.4 is 5.32 Å². The van der Waals surface area contributed by atoms with E-state index in [0.29, 0.717) is 32.1 Å². The van der Waals surface area contributed by atoms with E-state index in [1.54, 1.807) is 16.5 Å². The van der Waals surface area contributed by atoms with Crippen LogP contribution in [0, 0.1) is 12.8 Å². The van der Waals surface area contributed by atoms with Gasteiger partial charge in [-0.25, -0.2) is 9.48 Å². The topological polar surface area (TPSA) is 76.5 Å². The zero-order chi connectivity index (χ0) is 19.2. The molecule has 27 heavy (non-hydrogen) atoms. The zero-order valence-corrected chi connectivity index (χ0v) is 15.9. The number of ether oxygens (including phenoxy) is 1. The molecule has 2 aromatic rings. The van der Waals surface area contributed by atoms with Gasteiger partial charge in [-0.15, -0.1) is 0 Å². The third-order valence-corrected chi connectivity index (χ3v) is 4.65. The molecule has 144 valence electrons. The Morgan fingerprint density at radius 2 is 2.07 bits per heavy atom. The lowest BCUT2D eigenvalue weighted by Crippen LogP contribution is -2.44. The number of aromatic nitrogens is 2. The van der Waals surface area contributed by atoms with Crippen molar-refractivity contribution in [1.29, 1.82) is 0 Å². The summed E-state index contributed by atoms with van der Waals surface area (Å²) in [5.41, 5.74) is 1.96. The highest BCUT2D eigenvalue weighted by Crippen LogP contribution is 2.20. The van der Waals surface area contributed by atoms with Gasteiger partial charge < -0.3 is 15.0 Å². The second-order valence-electron chi connectivity index (χ2n) is 6.79. The molecule has 1 aromatic carbocycles. The van der Waals surface area contributed by atoms with Crippen molar-refractivity contribution in [2.75, 3.05) is 25.0 Å². The predicted molar refractivity (Wildman–Crippen MR) is 102 cm³/mol. The van der Waals surface area contributed by atoms with E-state index in [1.807, 2.05) is 43.3 Å². The van der Waals surface area contributed by atoms with E-state index in [1.165, 1.54) is 0 Å². The lowest BCUT2D eigenvalue weighted by atomic mass is 9.97. The number of piperidine rings is 1. The van der Waals surface area contributed by atoms with Crippen LogP contribution in [0.4, 0.5) is 10.6 Å². The first-order valence-electron chi connectivity index (χ1n) is 9.37. The number of nitrogens with zero attached hydrogens (tertiary/aromatic N) is 3. The molecule has 1 saturated heterocycles. The summed E-state index contributed by atoms with van der Waals surface area (Å²) >= 11 is 0. The van der Waals surface area contributed by atoms with E-state index in [2.05, 4.69) is 10.4 Å². The maximum absolute atomic E-state index is 12.8. The fraction of sp³-hybridized carbons (Fsp3) is 0.450. The number of carbonyl (C=O) groups excluding carboxylic acids is 2. The SMILES string of the molecule is CCOC(=O)N1CCCC(C(=O)Nc2cc(C)nn2Cc2ccccc2)C1. The average Bonchev–Trinajstić information content (AvgIpc) is 3.01. The highest BCUT2D eigenvalue weighted by Gasteiger charge is 2.29. The van der Waals surface area contributed by atoms with Gasteiger partial charge in [-0.05, 0) is 32.3 Å². The van der Waals surface area contributed by atoms with Crippen molar-refractivity contribution in [1.82, 2.24) is 14.7 Å². The van der Waals surface area contributed by atoms with Crippen LogP contribution in [0.1, 0.15) is 31.0 Å². The third-order valence-electron chi connectivity index (χ3n) is 4.65. The van der Waals surface area contributed by atoms with Crippen LogP contribution in [0.25, 0.3) is 0 Å². The highest BCUT2D eigenvalue weighted by atomic mass is 16.6. The van der Waals surface area contributed by atoms with Crippen LogP contribution in [-0.4, -0.2) is 46.4 Å². The summed E-state index contributed by atoms with van der Waals surface area (Å²) in [6.07, 6.45) is 1.20. The Morgan fingerprint density at radius 1 is 1.30 bits per heavy atom. The Labute approximate surface area is 159 Å². The Kier molecular flexibility index (Phi) is 6.11. The van der Waals surface area contributed by atoms with E-state index in [9.17, 15) is 9.59 Å². The molecule has 2 amide bonds. The van der Waals surface area contributed by atoms with E-state index < -0.39 is 0 Å². The van der Waals surface area contributed by atoms with Gasteiger partial charge in [0.25, 0.3) is 0 Å². The van der Waals surface area contributed by atoms with E-state index >= 15 is 0 Å². The molecule has 0 radical (unpaired) electrons. The molecule has 7 heteroatoms. The lowest BCUT2D eigenvalue weighted by molar-refractivity contribution is -0.121. The van der Waals surface area contributed by atoms with Crippen LogP contribution in [0.2, 0.25) is 0 Å². The fourth-order valence-electron chi connectivity index (χ4n) is 3.32. The van der Waals surface area contributed by atoms with Gasteiger partial charge in [0.2, 0.25) is 5.91 Å². The molecule has 1 aliphatic rings. The molecule has 2 heterocycles. The molecule has 3 rings (SSSR count). The van der Waals surface area contributed by atoms with Crippen molar-refractivity contribution >= 4 is 17.8 Å². The van der Waals surface area contributed by atoms with Crippen molar-refractivity contribution in [3.05, 3.63) is 47.7 Å². The first-order chi connectivity index (χ1) is 13.1. The number of anilines is 1. The summed E-state index contributed by atoms with van der Waals surface area (Å²) in [6.45, 7) is 5.63. The van der Waals surface area contributed by atoms with Crippen molar-refractivity contribution in [2.24, 2.45) is 5.92 Å². The van der Waals surface area contributed by atoms with Gasteiger partial charge in [0.15, 0.2) is 0 Å². The second kappa shape index (κ2) is 8.70. The van der Waals surface area contributed by atoms with Gasteiger partial charge in [-0.1, -0.05) is 30.3 Å². The predicted octanol–water partition coefficient (Wildman–Crippen LogP) is 3.05. The van der Waals surface area contributed by atoms with Crippen LogP contribution in [0.15, 0.2) is 36.4 Å². The van der Waals surface area contributed by atoms with Crippen LogP contribution in [-0.2, 0) is 16.1 Å². The number of hydrogen-bond donors (Lipinski definition) is 1. The smallest absolute Gasteiger partial charge is 0.409 e. The number of likely N-dealkylation sites (tertiary alicyclic amines) is 1. The largest absolute Gasteiger partial charge is 0.450 e. The Balaban J connectivity index is 1.66. The molecule has 0 saturated carbocycles. The number of carbonyl (C=O) groups is 2. The van der Waals surface area contributed by atoms with E-state index in [-0.39, 0.29) is 17.9 Å². The summed E-state index contributed by atoms with van der Waals surface area (Å²) in [5, 5.41) is 7.48. The number of nitrogens with one attached hydrogen (secondary N) is 1. The van der Waals surface area contributed by atoms with Crippen LogP contribution in [0.5, 0.6) is 0 Å². The van der Waals surface area contributed by atoms with Gasteiger partial charge >= 0.3 is 6.09 Å². The maximum atomic E-state index is 12.8. The minimum Gasteiger partial charge on any atom is -0.450 e. The maximum Gasteiger partial charge on any atom is 0.409 e. The molecular formula is C20H26N4O3. The summed E-state index contributed by atoms with van der Waals surface area (Å²) in [4.78, 5) is 26.3.